The third-order valence-corrected chi connectivity index (χ3v) is 5.13. The third-order valence-electron chi connectivity index (χ3n) is 5.13. The number of nitrogens with zero attached hydrogens (tertiary/aromatic N) is 2. The van der Waals surface area contributed by atoms with Gasteiger partial charge in [-0.3, -0.25) is 0 Å². The Morgan fingerprint density at radius 1 is 1.03 bits per heavy atom. The Labute approximate surface area is 181 Å². The van der Waals surface area contributed by atoms with Crippen molar-refractivity contribution >= 4 is 11.5 Å². The first kappa shape index (κ1) is 20.6. The van der Waals surface area contributed by atoms with E-state index in [1.54, 1.807) is 18.3 Å². The summed E-state index contributed by atoms with van der Waals surface area (Å²) in [5.74, 6) is 1.25. The highest BCUT2D eigenvalue weighted by Gasteiger charge is 2.25. The fraction of sp³-hybridized carbons (Fsp3) is 0.304. The second-order valence-electron chi connectivity index (χ2n) is 7.16. The van der Waals surface area contributed by atoms with E-state index in [1.807, 2.05) is 24.3 Å². The Morgan fingerprint density at radius 2 is 1.77 bits per heavy atom. The van der Waals surface area contributed by atoms with Gasteiger partial charge in [-0.2, -0.15) is 4.98 Å². The number of ether oxygens (including phenoxy) is 3. The van der Waals surface area contributed by atoms with Gasteiger partial charge in [-0.05, 0) is 24.6 Å². The van der Waals surface area contributed by atoms with Crippen LogP contribution in [-0.4, -0.2) is 35.9 Å². The molecule has 1 aromatic heterocycles. The van der Waals surface area contributed by atoms with E-state index in [-0.39, 0.29) is 11.9 Å². The molecule has 2 heterocycles. The van der Waals surface area contributed by atoms with E-state index < -0.39 is 0 Å². The fourth-order valence-electron chi connectivity index (χ4n) is 3.47. The monoisotopic (exact) mass is 422 g/mol. The molecule has 162 valence electrons. The number of phenolic OH excluding ortho intramolecular Hbond substituents is 1. The summed E-state index contributed by atoms with van der Waals surface area (Å²) in [6, 6.07) is 11.8. The van der Waals surface area contributed by atoms with E-state index in [0.717, 1.165) is 35.2 Å². The summed E-state index contributed by atoms with van der Waals surface area (Å²) in [6.45, 7) is 2.68. The second-order valence-corrected chi connectivity index (χ2v) is 7.16. The van der Waals surface area contributed by atoms with Crippen molar-refractivity contribution in [2.75, 3.05) is 31.5 Å². The van der Waals surface area contributed by atoms with Crippen LogP contribution in [0.1, 0.15) is 31.5 Å². The molecule has 0 saturated heterocycles. The van der Waals surface area contributed by atoms with Crippen molar-refractivity contribution in [1.82, 2.24) is 9.97 Å². The van der Waals surface area contributed by atoms with E-state index in [4.69, 9.17) is 14.2 Å². The van der Waals surface area contributed by atoms with Gasteiger partial charge in [0.05, 0.1) is 20.8 Å². The zero-order valence-electron chi connectivity index (χ0n) is 17.8. The number of anilines is 2. The molecule has 1 atom stereocenters. The number of benzene rings is 2. The number of nitrogens with one attached hydrogen (secondary N) is 2. The molecule has 0 aliphatic carbocycles. The van der Waals surface area contributed by atoms with Crippen molar-refractivity contribution in [3.63, 3.8) is 0 Å². The largest absolute Gasteiger partial charge is 0.502 e. The fourth-order valence-corrected chi connectivity index (χ4v) is 3.47. The Morgan fingerprint density at radius 3 is 2.48 bits per heavy atom. The molecule has 0 saturated carbocycles. The van der Waals surface area contributed by atoms with Crippen LogP contribution in [0.3, 0.4) is 0 Å². The van der Waals surface area contributed by atoms with Gasteiger partial charge in [0.2, 0.25) is 5.75 Å². The predicted octanol–water partition coefficient (Wildman–Crippen LogP) is 4.58. The molecule has 3 aromatic rings. The average Bonchev–Trinajstić information content (AvgIpc) is 2.96. The van der Waals surface area contributed by atoms with Crippen LogP contribution in [0.4, 0.5) is 11.5 Å². The molecule has 0 bridgehead atoms. The summed E-state index contributed by atoms with van der Waals surface area (Å²) in [4.78, 5) is 9.02. The van der Waals surface area contributed by atoms with Crippen molar-refractivity contribution in [3.8, 4) is 34.4 Å². The number of rotatable bonds is 7. The normalized spacial score (nSPS) is 14.4. The molecule has 0 spiro atoms. The van der Waals surface area contributed by atoms with E-state index in [2.05, 4.69) is 27.5 Å². The van der Waals surface area contributed by atoms with Crippen LogP contribution < -0.4 is 24.8 Å². The third kappa shape index (κ3) is 4.14. The molecule has 8 heteroatoms. The zero-order valence-corrected chi connectivity index (χ0v) is 17.8. The molecule has 2 aromatic carbocycles. The number of methoxy groups -OCH3 is 2. The molecular weight excluding hydrogens is 396 g/mol. The maximum absolute atomic E-state index is 10.3. The van der Waals surface area contributed by atoms with Crippen LogP contribution in [0.2, 0.25) is 0 Å². The summed E-state index contributed by atoms with van der Waals surface area (Å²) < 4.78 is 16.4. The summed E-state index contributed by atoms with van der Waals surface area (Å²) in [6.07, 6.45) is 3.38. The first-order valence-corrected chi connectivity index (χ1v) is 10.2. The van der Waals surface area contributed by atoms with E-state index in [0.29, 0.717) is 29.9 Å². The highest BCUT2D eigenvalue weighted by atomic mass is 16.5. The molecule has 1 aliphatic rings. The Bertz CT molecular complexity index is 1050. The predicted molar refractivity (Wildman–Crippen MR) is 119 cm³/mol. The van der Waals surface area contributed by atoms with Gasteiger partial charge >= 0.3 is 6.01 Å². The molecule has 4 rings (SSSR count). The van der Waals surface area contributed by atoms with Crippen LogP contribution in [0.5, 0.6) is 23.3 Å². The lowest BCUT2D eigenvalue weighted by atomic mass is 10.1. The van der Waals surface area contributed by atoms with Gasteiger partial charge in [-0.25, -0.2) is 4.98 Å². The SMILES string of the molecule is CCCCOc1ncc2c(n1)NC(c1cc(OC)c(O)c(OC)c1)Nc1ccccc1-2. The lowest BCUT2D eigenvalue weighted by Gasteiger charge is -2.22. The summed E-state index contributed by atoms with van der Waals surface area (Å²) in [5.41, 5.74) is 3.57. The molecular formula is C23H26N4O4. The van der Waals surface area contributed by atoms with Crippen molar-refractivity contribution in [1.29, 1.82) is 0 Å². The quantitative estimate of drug-likeness (QED) is 0.476. The van der Waals surface area contributed by atoms with Gasteiger partial charge in [0.25, 0.3) is 0 Å². The number of para-hydroxylation sites is 1. The van der Waals surface area contributed by atoms with Gasteiger partial charge in [-0.15, -0.1) is 0 Å². The van der Waals surface area contributed by atoms with Crippen molar-refractivity contribution < 1.29 is 19.3 Å². The zero-order chi connectivity index (χ0) is 21.8. The summed E-state index contributed by atoms with van der Waals surface area (Å²) in [5, 5.41) is 17.2. The highest BCUT2D eigenvalue weighted by Crippen LogP contribution is 2.43. The molecule has 0 amide bonds. The first-order chi connectivity index (χ1) is 15.1. The standard InChI is InChI=1S/C23H26N4O4/c1-4-5-10-31-23-24-13-16-15-8-6-7-9-17(15)25-21(26-22(16)27-23)14-11-18(29-2)20(28)19(12-14)30-3/h6-9,11-13,21,25,28H,4-5,10H2,1-3H3,(H,24,26,27). The van der Waals surface area contributed by atoms with Crippen LogP contribution in [0.25, 0.3) is 11.1 Å². The molecule has 0 fully saturated rings. The van der Waals surface area contributed by atoms with Gasteiger partial charge < -0.3 is 30.0 Å². The van der Waals surface area contributed by atoms with Crippen molar-refractivity contribution in [2.45, 2.75) is 25.9 Å². The van der Waals surface area contributed by atoms with Crippen LogP contribution in [-0.2, 0) is 0 Å². The van der Waals surface area contributed by atoms with Crippen LogP contribution in [0.15, 0.2) is 42.6 Å². The number of phenols is 1. The minimum atomic E-state index is -0.371. The Kier molecular flexibility index (Phi) is 5.97. The topological polar surface area (TPSA) is 97.8 Å². The number of aromatic nitrogens is 2. The number of hydrogen-bond acceptors (Lipinski definition) is 8. The molecule has 1 unspecified atom stereocenters. The number of fused-ring (bicyclic) bond motifs is 3. The van der Waals surface area contributed by atoms with E-state index in [1.165, 1.54) is 14.2 Å². The van der Waals surface area contributed by atoms with E-state index in [9.17, 15) is 5.11 Å². The van der Waals surface area contributed by atoms with Crippen LogP contribution >= 0.6 is 0 Å². The summed E-state index contributed by atoms with van der Waals surface area (Å²) >= 11 is 0. The maximum atomic E-state index is 10.3. The van der Waals surface area contributed by atoms with Crippen LogP contribution in [0, 0.1) is 0 Å². The van der Waals surface area contributed by atoms with Crippen molar-refractivity contribution in [3.05, 3.63) is 48.2 Å². The highest BCUT2D eigenvalue weighted by molar-refractivity contribution is 5.86. The van der Waals surface area contributed by atoms with Gasteiger partial charge in [0, 0.05) is 28.6 Å². The number of unbranched alkanes of at least 4 members (excludes halogenated alkanes) is 1. The Balaban J connectivity index is 1.77. The maximum Gasteiger partial charge on any atom is 0.318 e. The van der Waals surface area contributed by atoms with Gasteiger partial charge in [0.15, 0.2) is 11.5 Å². The number of aromatic hydroxyl groups is 1. The molecule has 8 nitrogen and oxygen atoms in total. The second kappa shape index (κ2) is 8.99. The van der Waals surface area contributed by atoms with Crippen molar-refractivity contribution in [2.24, 2.45) is 0 Å². The average molecular weight is 422 g/mol. The molecule has 0 radical (unpaired) electrons. The van der Waals surface area contributed by atoms with Gasteiger partial charge in [-0.1, -0.05) is 31.5 Å². The summed E-state index contributed by atoms with van der Waals surface area (Å²) in [7, 11) is 3.01. The van der Waals surface area contributed by atoms with E-state index >= 15 is 0 Å². The minimum Gasteiger partial charge on any atom is -0.502 e. The lowest BCUT2D eigenvalue weighted by Crippen LogP contribution is -2.19. The molecule has 3 N–H and O–H groups in total. The Hall–Kier alpha value is -3.68. The first-order valence-electron chi connectivity index (χ1n) is 10.2. The molecule has 31 heavy (non-hydrogen) atoms. The molecule has 1 aliphatic heterocycles. The van der Waals surface area contributed by atoms with Gasteiger partial charge in [0.1, 0.15) is 12.0 Å². The smallest absolute Gasteiger partial charge is 0.318 e. The number of hydrogen-bond donors (Lipinski definition) is 3. The lowest BCUT2D eigenvalue weighted by molar-refractivity contribution is 0.286. The minimum absolute atomic E-state index is 0.0443.